The summed E-state index contributed by atoms with van der Waals surface area (Å²) in [5, 5.41) is 20.6. The zero-order valence-corrected chi connectivity index (χ0v) is 23.6. The maximum Gasteiger partial charge on any atom is 0.200 e. The van der Waals surface area contributed by atoms with E-state index >= 15 is 0 Å². The molecule has 3 heteroatoms. The smallest absolute Gasteiger partial charge is 0.200 e. The fraction of sp³-hybridized carbons (Fsp3) is 0.812. The molecule has 1 aromatic carbocycles. The molecule has 0 aliphatic carbocycles. The van der Waals surface area contributed by atoms with E-state index in [0.29, 0.717) is 5.75 Å². The third-order valence-corrected chi connectivity index (χ3v) is 7.51. The molecule has 0 atom stereocenters. The third-order valence-electron chi connectivity index (χ3n) is 7.51. The van der Waals surface area contributed by atoms with Crippen molar-refractivity contribution in [2.24, 2.45) is 0 Å². The van der Waals surface area contributed by atoms with E-state index in [4.69, 9.17) is 4.74 Å². The van der Waals surface area contributed by atoms with Crippen molar-refractivity contribution in [3.63, 3.8) is 0 Å². The number of hydrogen-bond acceptors (Lipinski definition) is 3. The molecule has 0 bridgehead atoms. The van der Waals surface area contributed by atoms with Gasteiger partial charge in [0.25, 0.3) is 0 Å². The number of para-hydroxylation sites is 1. The molecule has 0 unspecified atom stereocenters. The minimum absolute atomic E-state index is 0.0915. The summed E-state index contributed by atoms with van der Waals surface area (Å²) in [6.07, 6.45) is 27.5. The first-order chi connectivity index (χ1) is 17.1. The monoisotopic (exact) mass is 490 g/mol. The van der Waals surface area contributed by atoms with E-state index in [9.17, 15) is 10.2 Å². The van der Waals surface area contributed by atoms with Gasteiger partial charge < -0.3 is 14.9 Å². The molecule has 0 radical (unpaired) electrons. The second-order valence-corrected chi connectivity index (χ2v) is 10.8. The van der Waals surface area contributed by atoms with Crippen LogP contribution in [0.2, 0.25) is 0 Å². The Kier molecular flexibility index (Phi) is 18.8. The SMILES string of the molecule is CCCCCCCCCC(CCCCCCC)(CCCCCCCCC)Oc1cccc(O)c1O. The van der Waals surface area contributed by atoms with Crippen LogP contribution in [-0.4, -0.2) is 15.8 Å². The van der Waals surface area contributed by atoms with Crippen molar-refractivity contribution in [1.29, 1.82) is 0 Å². The van der Waals surface area contributed by atoms with Gasteiger partial charge in [-0.2, -0.15) is 0 Å². The molecule has 1 aromatic rings. The van der Waals surface area contributed by atoms with Gasteiger partial charge in [-0.05, 0) is 50.7 Å². The van der Waals surface area contributed by atoms with Gasteiger partial charge in [-0.1, -0.05) is 130 Å². The summed E-state index contributed by atoms with van der Waals surface area (Å²) < 4.78 is 6.70. The van der Waals surface area contributed by atoms with E-state index in [1.54, 1.807) is 6.07 Å². The Labute approximate surface area is 218 Å². The van der Waals surface area contributed by atoms with Gasteiger partial charge in [0.1, 0.15) is 5.60 Å². The van der Waals surface area contributed by atoms with Crippen LogP contribution in [-0.2, 0) is 0 Å². The summed E-state index contributed by atoms with van der Waals surface area (Å²) in [7, 11) is 0. The lowest BCUT2D eigenvalue weighted by atomic mass is 9.84. The van der Waals surface area contributed by atoms with Crippen LogP contribution >= 0.6 is 0 Å². The second-order valence-electron chi connectivity index (χ2n) is 10.8. The highest BCUT2D eigenvalue weighted by Gasteiger charge is 2.32. The standard InChI is InChI=1S/C32H58O3/c1-4-7-10-13-15-18-21-27-32(26-20-17-12-9-6-3,28-22-19-16-14-11-8-5-2)35-30-25-23-24-29(33)31(30)34/h23-25,33-34H,4-22,26-28H2,1-3H3. The number of benzene rings is 1. The predicted octanol–water partition coefficient (Wildman–Crippen LogP) is 10.9. The number of aromatic hydroxyl groups is 2. The van der Waals surface area contributed by atoms with E-state index in [-0.39, 0.29) is 17.1 Å². The number of phenolic OH excluding ortho intramolecular Hbond substituents is 2. The first-order valence-corrected chi connectivity index (χ1v) is 15.3. The average molecular weight is 491 g/mol. The number of ether oxygens (including phenoxy) is 1. The van der Waals surface area contributed by atoms with Gasteiger partial charge in [0.05, 0.1) is 0 Å². The molecule has 0 spiro atoms. The average Bonchev–Trinajstić information content (AvgIpc) is 2.85. The molecular weight excluding hydrogens is 432 g/mol. The highest BCUT2D eigenvalue weighted by atomic mass is 16.5. The first kappa shape index (κ1) is 31.6. The Morgan fingerprint density at radius 2 is 0.914 bits per heavy atom. The van der Waals surface area contributed by atoms with Crippen molar-refractivity contribution in [3.05, 3.63) is 18.2 Å². The van der Waals surface area contributed by atoms with Gasteiger partial charge in [0.15, 0.2) is 11.5 Å². The Bertz CT molecular complexity index is 595. The van der Waals surface area contributed by atoms with Crippen LogP contribution in [0, 0.1) is 0 Å². The van der Waals surface area contributed by atoms with Crippen molar-refractivity contribution in [2.45, 2.75) is 168 Å². The van der Waals surface area contributed by atoms with Crippen molar-refractivity contribution in [3.8, 4) is 17.2 Å². The van der Waals surface area contributed by atoms with E-state index in [2.05, 4.69) is 20.8 Å². The Balaban J connectivity index is 2.83. The van der Waals surface area contributed by atoms with Gasteiger partial charge >= 0.3 is 0 Å². The summed E-state index contributed by atoms with van der Waals surface area (Å²) in [6, 6.07) is 5.12. The Hall–Kier alpha value is -1.38. The van der Waals surface area contributed by atoms with E-state index < -0.39 is 0 Å². The minimum Gasteiger partial charge on any atom is -0.504 e. The molecule has 3 nitrogen and oxygen atoms in total. The lowest BCUT2D eigenvalue weighted by Gasteiger charge is -2.36. The molecule has 0 aliphatic rings. The molecule has 0 aliphatic heterocycles. The molecule has 0 saturated heterocycles. The summed E-state index contributed by atoms with van der Waals surface area (Å²) >= 11 is 0. The maximum atomic E-state index is 10.5. The van der Waals surface area contributed by atoms with Gasteiger partial charge in [0, 0.05) is 0 Å². The van der Waals surface area contributed by atoms with Crippen LogP contribution in [0.4, 0.5) is 0 Å². The van der Waals surface area contributed by atoms with Gasteiger partial charge in [-0.25, -0.2) is 0 Å². The third kappa shape index (κ3) is 14.7. The van der Waals surface area contributed by atoms with E-state index in [1.165, 1.54) is 128 Å². The molecule has 204 valence electrons. The fourth-order valence-electron chi connectivity index (χ4n) is 5.21. The second kappa shape index (κ2) is 20.8. The molecule has 0 heterocycles. The summed E-state index contributed by atoms with van der Waals surface area (Å²) in [5.41, 5.74) is -0.246. The molecule has 1 rings (SSSR count). The van der Waals surface area contributed by atoms with Crippen LogP contribution in [0.1, 0.15) is 162 Å². The fourth-order valence-corrected chi connectivity index (χ4v) is 5.21. The van der Waals surface area contributed by atoms with Crippen molar-refractivity contribution < 1.29 is 14.9 Å². The van der Waals surface area contributed by atoms with E-state index in [0.717, 1.165) is 19.3 Å². The zero-order chi connectivity index (χ0) is 25.6. The lowest BCUT2D eigenvalue weighted by Crippen LogP contribution is -2.36. The van der Waals surface area contributed by atoms with Crippen LogP contribution in [0.25, 0.3) is 0 Å². The van der Waals surface area contributed by atoms with Gasteiger partial charge in [-0.3, -0.25) is 0 Å². The Morgan fingerprint density at radius 3 is 1.31 bits per heavy atom. The number of phenols is 2. The number of rotatable bonds is 24. The maximum absolute atomic E-state index is 10.5. The van der Waals surface area contributed by atoms with Crippen LogP contribution < -0.4 is 4.74 Å². The summed E-state index contributed by atoms with van der Waals surface area (Å²) in [6.45, 7) is 6.80. The first-order valence-electron chi connectivity index (χ1n) is 15.3. The number of hydrogen-bond donors (Lipinski definition) is 2. The quantitative estimate of drug-likeness (QED) is 0.112. The molecule has 0 amide bonds. The predicted molar refractivity (Wildman–Crippen MR) is 152 cm³/mol. The van der Waals surface area contributed by atoms with E-state index in [1.807, 2.05) is 6.07 Å². The van der Waals surface area contributed by atoms with Crippen molar-refractivity contribution in [2.75, 3.05) is 0 Å². The molecule has 0 aromatic heterocycles. The number of unbranched alkanes of at least 4 members (excludes halogenated alkanes) is 16. The highest BCUT2D eigenvalue weighted by molar-refractivity contribution is 5.49. The lowest BCUT2D eigenvalue weighted by molar-refractivity contribution is 0.0305. The van der Waals surface area contributed by atoms with Gasteiger partial charge in [0.2, 0.25) is 5.75 Å². The van der Waals surface area contributed by atoms with Gasteiger partial charge in [-0.15, -0.1) is 0 Å². The minimum atomic E-state index is -0.246. The topological polar surface area (TPSA) is 49.7 Å². The van der Waals surface area contributed by atoms with Crippen molar-refractivity contribution in [1.82, 2.24) is 0 Å². The largest absolute Gasteiger partial charge is 0.504 e. The van der Waals surface area contributed by atoms with Crippen molar-refractivity contribution >= 4 is 0 Å². The van der Waals surface area contributed by atoms with Crippen LogP contribution in [0.15, 0.2) is 18.2 Å². The zero-order valence-electron chi connectivity index (χ0n) is 23.6. The summed E-state index contributed by atoms with van der Waals surface area (Å²) in [4.78, 5) is 0. The molecule has 0 saturated carbocycles. The molecule has 0 fully saturated rings. The summed E-state index contributed by atoms with van der Waals surface area (Å²) in [5.74, 6) is 0.248. The van der Waals surface area contributed by atoms with Crippen LogP contribution in [0.3, 0.4) is 0 Å². The molecule has 35 heavy (non-hydrogen) atoms. The van der Waals surface area contributed by atoms with Crippen LogP contribution in [0.5, 0.6) is 17.2 Å². The molecular formula is C32H58O3. The Morgan fingerprint density at radius 1 is 0.543 bits per heavy atom. The molecule has 2 N–H and O–H groups in total. The normalized spacial score (nSPS) is 11.7. The highest BCUT2D eigenvalue weighted by Crippen LogP contribution is 2.41.